The predicted molar refractivity (Wildman–Crippen MR) is 75.0 cm³/mol. The number of nitrogens with one attached hydrogen (secondary N) is 1. The highest BCUT2D eigenvalue weighted by Gasteiger charge is 2.34. The van der Waals surface area contributed by atoms with E-state index >= 15 is 0 Å². The Morgan fingerprint density at radius 3 is 2.61 bits per heavy atom. The molecule has 2 heterocycles. The lowest BCUT2D eigenvalue weighted by atomic mass is 9.79. The number of likely N-dealkylation sites (N-methyl/N-ethyl adjacent to an activating group) is 1. The molecule has 0 spiro atoms. The molecule has 0 bridgehead atoms. The van der Waals surface area contributed by atoms with Gasteiger partial charge in [-0.3, -0.25) is 0 Å². The van der Waals surface area contributed by atoms with Crippen molar-refractivity contribution in [2.45, 2.75) is 19.3 Å². The zero-order valence-corrected chi connectivity index (χ0v) is 12.1. The van der Waals surface area contributed by atoms with Crippen LogP contribution in [0, 0.1) is 5.41 Å². The highest BCUT2D eigenvalue weighted by molar-refractivity contribution is 4.88. The van der Waals surface area contributed by atoms with Crippen LogP contribution in [0.15, 0.2) is 0 Å². The van der Waals surface area contributed by atoms with E-state index in [2.05, 4.69) is 22.2 Å². The minimum absolute atomic E-state index is 0.392. The predicted octanol–water partition coefficient (Wildman–Crippen LogP) is 0.640. The molecule has 2 rings (SSSR count). The van der Waals surface area contributed by atoms with E-state index in [1.807, 2.05) is 7.11 Å². The third-order valence-corrected chi connectivity index (χ3v) is 4.49. The molecule has 4 heteroatoms. The molecule has 0 aromatic heterocycles. The van der Waals surface area contributed by atoms with E-state index in [0.29, 0.717) is 5.41 Å². The Kier molecular flexibility index (Phi) is 5.42. The Bertz CT molecular complexity index is 236. The van der Waals surface area contributed by atoms with Crippen molar-refractivity contribution in [2.24, 2.45) is 5.41 Å². The van der Waals surface area contributed by atoms with Crippen LogP contribution in [-0.4, -0.2) is 76.4 Å². The first-order valence-corrected chi connectivity index (χ1v) is 7.35. The van der Waals surface area contributed by atoms with Gasteiger partial charge in [0.25, 0.3) is 0 Å². The summed E-state index contributed by atoms with van der Waals surface area (Å²) in [5.74, 6) is 0. The topological polar surface area (TPSA) is 27.7 Å². The molecule has 2 aliphatic rings. The summed E-state index contributed by atoms with van der Waals surface area (Å²) >= 11 is 0. The fourth-order valence-corrected chi connectivity index (χ4v) is 3.34. The van der Waals surface area contributed by atoms with Crippen molar-refractivity contribution in [3.8, 4) is 0 Å². The van der Waals surface area contributed by atoms with Gasteiger partial charge in [0.15, 0.2) is 0 Å². The largest absolute Gasteiger partial charge is 0.384 e. The van der Waals surface area contributed by atoms with Crippen molar-refractivity contribution in [3.05, 3.63) is 0 Å². The molecule has 1 N–H and O–H groups in total. The summed E-state index contributed by atoms with van der Waals surface area (Å²) in [5, 5.41) is 3.47. The highest BCUT2D eigenvalue weighted by atomic mass is 16.5. The SMILES string of the molecule is COCC1(CN2CCCN(C)CC2)CCNCC1. The molecule has 106 valence electrons. The molecule has 0 aromatic rings. The summed E-state index contributed by atoms with van der Waals surface area (Å²) in [7, 11) is 4.08. The third-order valence-electron chi connectivity index (χ3n) is 4.49. The van der Waals surface area contributed by atoms with Gasteiger partial charge in [0, 0.05) is 32.2 Å². The van der Waals surface area contributed by atoms with E-state index < -0.39 is 0 Å². The van der Waals surface area contributed by atoms with E-state index in [9.17, 15) is 0 Å². The number of piperidine rings is 1. The molecule has 2 fully saturated rings. The monoisotopic (exact) mass is 255 g/mol. The van der Waals surface area contributed by atoms with Gasteiger partial charge >= 0.3 is 0 Å². The van der Waals surface area contributed by atoms with Crippen molar-refractivity contribution in [2.75, 3.05) is 66.6 Å². The number of hydrogen-bond acceptors (Lipinski definition) is 4. The Labute approximate surface area is 112 Å². The first-order chi connectivity index (χ1) is 8.74. The lowest BCUT2D eigenvalue weighted by Crippen LogP contribution is -2.48. The Hall–Kier alpha value is -0.160. The lowest BCUT2D eigenvalue weighted by molar-refractivity contribution is 0.0234. The van der Waals surface area contributed by atoms with Crippen LogP contribution >= 0.6 is 0 Å². The summed E-state index contributed by atoms with van der Waals surface area (Å²) in [6.45, 7) is 9.36. The molecule has 0 radical (unpaired) electrons. The minimum atomic E-state index is 0.392. The molecule has 0 aromatic carbocycles. The maximum Gasteiger partial charge on any atom is 0.0531 e. The second-order valence-electron chi connectivity index (χ2n) is 6.12. The molecule has 0 aliphatic carbocycles. The molecule has 0 amide bonds. The van der Waals surface area contributed by atoms with Crippen molar-refractivity contribution < 1.29 is 4.74 Å². The molecule has 4 nitrogen and oxygen atoms in total. The van der Waals surface area contributed by atoms with Crippen LogP contribution in [-0.2, 0) is 4.74 Å². The van der Waals surface area contributed by atoms with Crippen molar-refractivity contribution in [1.29, 1.82) is 0 Å². The first kappa shape index (κ1) is 14.3. The fourth-order valence-electron chi connectivity index (χ4n) is 3.34. The minimum Gasteiger partial charge on any atom is -0.384 e. The maximum atomic E-state index is 5.51. The average molecular weight is 255 g/mol. The van der Waals surface area contributed by atoms with Gasteiger partial charge in [-0.1, -0.05) is 0 Å². The lowest BCUT2D eigenvalue weighted by Gasteiger charge is -2.40. The van der Waals surface area contributed by atoms with Gasteiger partial charge < -0.3 is 19.9 Å². The van der Waals surface area contributed by atoms with Crippen LogP contribution in [0.25, 0.3) is 0 Å². The number of ether oxygens (including phenoxy) is 1. The normalized spacial score (nSPS) is 27.0. The number of nitrogens with zero attached hydrogens (tertiary/aromatic N) is 2. The van der Waals surface area contributed by atoms with Crippen LogP contribution in [0.3, 0.4) is 0 Å². The smallest absolute Gasteiger partial charge is 0.0531 e. The quantitative estimate of drug-likeness (QED) is 0.798. The van der Waals surface area contributed by atoms with Gasteiger partial charge in [0.05, 0.1) is 6.61 Å². The molecular weight excluding hydrogens is 226 g/mol. The van der Waals surface area contributed by atoms with Crippen LogP contribution in [0.1, 0.15) is 19.3 Å². The van der Waals surface area contributed by atoms with Crippen molar-refractivity contribution in [1.82, 2.24) is 15.1 Å². The summed E-state index contributed by atoms with van der Waals surface area (Å²) in [6, 6.07) is 0. The summed E-state index contributed by atoms with van der Waals surface area (Å²) in [4.78, 5) is 5.11. The molecule has 2 saturated heterocycles. The van der Waals surface area contributed by atoms with Gasteiger partial charge in [0.1, 0.15) is 0 Å². The zero-order chi connectivity index (χ0) is 12.8. The van der Waals surface area contributed by atoms with Crippen LogP contribution in [0.5, 0.6) is 0 Å². The number of rotatable bonds is 4. The number of methoxy groups -OCH3 is 1. The molecule has 2 aliphatic heterocycles. The van der Waals surface area contributed by atoms with Gasteiger partial charge in [0.2, 0.25) is 0 Å². The Morgan fingerprint density at radius 1 is 1.11 bits per heavy atom. The first-order valence-electron chi connectivity index (χ1n) is 7.35. The van der Waals surface area contributed by atoms with Crippen molar-refractivity contribution in [3.63, 3.8) is 0 Å². The van der Waals surface area contributed by atoms with Crippen LogP contribution < -0.4 is 5.32 Å². The zero-order valence-electron chi connectivity index (χ0n) is 12.1. The molecular formula is C14H29N3O. The Morgan fingerprint density at radius 2 is 1.89 bits per heavy atom. The van der Waals surface area contributed by atoms with E-state index in [0.717, 1.165) is 19.7 Å². The Balaban J connectivity index is 1.90. The second kappa shape index (κ2) is 6.85. The summed E-state index contributed by atoms with van der Waals surface area (Å²) in [6.07, 6.45) is 3.82. The summed E-state index contributed by atoms with van der Waals surface area (Å²) in [5.41, 5.74) is 0.392. The third kappa shape index (κ3) is 3.92. The van der Waals surface area contributed by atoms with E-state index in [4.69, 9.17) is 4.74 Å². The molecule has 0 unspecified atom stereocenters. The summed E-state index contributed by atoms with van der Waals surface area (Å²) < 4.78 is 5.51. The van der Waals surface area contributed by atoms with Gasteiger partial charge in [-0.05, 0) is 52.5 Å². The van der Waals surface area contributed by atoms with Gasteiger partial charge in [-0.25, -0.2) is 0 Å². The number of hydrogen-bond donors (Lipinski definition) is 1. The fraction of sp³-hybridized carbons (Fsp3) is 1.00. The van der Waals surface area contributed by atoms with Gasteiger partial charge in [-0.15, -0.1) is 0 Å². The van der Waals surface area contributed by atoms with E-state index in [-0.39, 0.29) is 0 Å². The average Bonchev–Trinajstić information content (AvgIpc) is 2.56. The maximum absolute atomic E-state index is 5.51. The van der Waals surface area contributed by atoms with Crippen molar-refractivity contribution >= 4 is 0 Å². The highest BCUT2D eigenvalue weighted by Crippen LogP contribution is 2.30. The molecule has 18 heavy (non-hydrogen) atoms. The molecule has 0 saturated carbocycles. The van der Waals surface area contributed by atoms with Gasteiger partial charge in [-0.2, -0.15) is 0 Å². The standard InChI is InChI=1S/C14H29N3O/c1-16-8-3-9-17(11-10-16)12-14(13-18-2)4-6-15-7-5-14/h15H,3-13H2,1-2H3. The van der Waals surface area contributed by atoms with E-state index in [1.54, 1.807) is 0 Å². The second-order valence-corrected chi connectivity index (χ2v) is 6.12. The van der Waals surface area contributed by atoms with E-state index in [1.165, 1.54) is 52.0 Å². The molecule has 0 atom stereocenters. The van der Waals surface area contributed by atoms with Crippen LogP contribution in [0.2, 0.25) is 0 Å². The van der Waals surface area contributed by atoms with Crippen LogP contribution in [0.4, 0.5) is 0 Å².